The van der Waals surface area contributed by atoms with E-state index in [2.05, 4.69) is 0 Å². The lowest BCUT2D eigenvalue weighted by atomic mass is 9.94. The molecule has 3 atom stereocenters. The van der Waals surface area contributed by atoms with Crippen molar-refractivity contribution in [2.45, 2.75) is 50.9 Å². The molecule has 17 heavy (non-hydrogen) atoms. The average molecular weight is 235 g/mol. The molecule has 1 aliphatic carbocycles. The lowest BCUT2D eigenvalue weighted by Crippen LogP contribution is -2.35. The summed E-state index contributed by atoms with van der Waals surface area (Å²) in [5.74, 6) is 0.813. The molecule has 94 valence electrons. The molecular formula is C14H21NO2. The highest BCUT2D eigenvalue weighted by atomic mass is 16.5. The highest BCUT2D eigenvalue weighted by Crippen LogP contribution is 2.28. The summed E-state index contributed by atoms with van der Waals surface area (Å²) in [6, 6.07) is 7.76. The minimum atomic E-state index is -0.343. The van der Waals surface area contributed by atoms with Crippen LogP contribution in [0, 0.1) is 0 Å². The first-order valence-electron chi connectivity index (χ1n) is 6.37. The number of ether oxygens (including phenoxy) is 1. The van der Waals surface area contributed by atoms with Crippen LogP contribution < -0.4 is 10.5 Å². The van der Waals surface area contributed by atoms with E-state index in [4.69, 9.17) is 10.5 Å². The molecule has 2 unspecified atom stereocenters. The Morgan fingerprint density at radius 1 is 1.29 bits per heavy atom. The van der Waals surface area contributed by atoms with Gasteiger partial charge < -0.3 is 15.6 Å². The molecule has 0 aliphatic heterocycles. The van der Waals surface area contributed by atoms with E-state index in [9.17, 15) is 5.11 Å². The van der Waals surface area contributed by atoms with E-state index < -0.39 is 0 Å². The van der Waals surface area contributed by atoms with Crippen molar-refractivity contribution in [1.82, 2.24) is 0 Å². The van der Waals surface area contributed by atoms with Crippen LogP contribution >= 0.6 is 0 Å². The van der Waals surface area contributed by atoms with E-state index >= 15 is 0 Å². The molecule has 0 radical (unpaired) electrons. The number of rotatable bonds is 3. The van der Waals surface area contributed by atoms with Gasteiger partial charge in [-0.15, -0.1) is 0 Å². The maximum Gasteiger partial charge on any atom is 0.124 e. The number of nitrogens with two attached hydrogens (primary N) is 1. The van der Waals surface area contributed by atoms with Gasteiger partial charge in [-0.25, -0.2) is 0 Å². The molecule has 0 spiro atoms. The van der Waals surface area contributed by atoms with Crippen molar-refractivity contribution in [3.05, 3.63) is 29.8 Å². The van der Waals surface area contributed by atoms with Gasteiger partial charge in [-0.3, -0.25) is 0 Å². The Labute approximate surface area is 103 Å². The van der Waals surface area contributed by atoms with Crippen molar-refractivity contribution >= 4 is 0 Å². The summed E-state index contributed by atoms with van der Waals surface area (Å²) in [7, 11) is 0. The summed E-state index contributed by atoms with van der Waals surface area (Å²) in [5, 5.41) is 9.90. The van der Waals surface area contributed by atoms with Crippen LogP contribution in [-0.2, 0) is 0 Å². The van der Waals surface area contributed by atoms with Crippen molar-refractivity contribution in [3.8, 4) is 5.75 Å². The fourth-order valence-electron chi connectivity index (χ4n) is 2.34. The summed E-state index contributed by atoms with van der Waals surface area (Å²) in [4.78, 5) is 0. The highest BCUT2D eigenvalue weighted by molar-refractivity contribution is 5.35. The minimum Gasteiger partial charge on any atom is -0.487 e. The Bertz CT molecular complexity index is 365. The molecular weight excluding hydrogens is 214 g/mol. The maximum atomic E-state index is 9.90. The van der Waals surface area contributed by atoms with Gasteiger partial charge in [0.2, 0.25) is 0 Å². The number of para-hydroxylation sites is 1. The molecule has 1 aromatic carbocycles. The van der Waals surface area contributed by atoms with E-state index in [1.165, 1.54) is 0 Å². The van der Waals surface area contributed by atoms with Crippen LogP contribution in [0.1, 0.15) is 44.2 Å². The molecule has 3 nitrogen and oxygen atoms in total. The van der Waals surface area contributed by atoms with Crippen molar-refractivity contribution in [2.24, 2.45) is 5.73 Å². The summed E-state index contributed by atoms with van der Waals surface area (Å²) >= 11 is 0. The van der Waals surface area contributed by atoms with Crippen LogP contribution in [0.5, 0.6) is 5.75 Å². The lowest BCUT2D eigenvalue weighted by molar-refractivity contribution is 0.00627. The highest BCUT2D eigenvalue weighted by Gasteiger charge is 2.25. The molecule has 0 bridgehead atoms. The van der Waals surface area contributed by atoms with E-state index in [0.29, 0.717) is 0 Å². The zero-order valence-corrected chi connectivity index (χ0v) is 10.3. The quantitative estimate of drug-likeness (QED) is 0.845. The second-order valence-electron chi connectivity index (χ2n) is 4.83. The third-order valence-corrected chi connectivity index (χ3v) is 3.36. The van der Waals surface area contributed by atoms with Crippen LogP contribution in [0.15, 0.2) is 24.3 Å². The zero-order chi connectivity index (χ0) is 12.3. The van der Waals surface area contributed by atoms with Crippen molar-refractivity contribution < 1.29 is 9.84 Å². The van der Waals surface area contributed by atoms with Gasteiger partial charge in [-0.2, -0.15) is 0 Å². The second kappa shape index (κ2) is 5.52. The predicted octanol–water partition coefficient (Wildman–Crippen LogP) is 2.39. The fourth-order valence-corrected chi connectivity index (χ4v) is 2.34. The number of hydrogen-bond donors (Lipinski definition) is 2. The van der Waals surface area contributed by atoms with Gasteiger partial charge in [0.15, 0.2) is 0 Å². The number of aliphatic hydroxyl groups is 1. The molecule has 1 aliphatic rings. The first-order chi connectivity index (χ1) is 8.18. The number of benzene rings is 1. The standard InChI is InChI=1S/C14H21NO2/c1-10(15)11-6-2-4-8-13(11)17-14-9-5-3-7-12(14)16/h2,4,6,8,10,12,14,16H,3,5,7,9,15H2,1H3/t10-,12?,14?/m1/s1. The van der Waals surface area contributed by atoms with Crippen molar-refractivity contribution in [1.29, 1.82) is 0 Å². The molecule has 0 saturated heterocycles. The summed E-state index contributed by atoms with van der Waals surface area (Å²) in [5.41, 5.74) is 6.92. The van der Waals surface area contributed by atoms with E-state index in [1.807, 2.05) is 31.2 Å². The largest absolute Gasteiger partial charge is 0.487 e. The molecule has 0 heterocycles. The minimum absolute atomic E-state index is 0.0491. The first kappa shape index (κ1) is 12.4. The smallest absolute Gasteiger partial charge is 0.124 e. The van der Waals surface area contributed by atoms with Crippen LogP contribution in [0.2, 0.25) is 0 Å². The topological polar surface area (TPSA) is 55.5 Å². The Kier molecular flexibility index (Phi) is 4.02. The fraction of sp³-hybridized carbons (Fsp3) is 0.571. The predicted molar refractivity (Wildman–Crippen MR) is 67.9 cm³/mol. The van der Waals surface area contributed by atoms with E-state index in [1.54, 1.807) is 0 Å². The van der Waals surface area contributed by atoms with E-state index in [-0.39, 0.29) is 18.2 Å². The summed E-state index contributed by atoms with van der Waals surface area (Å²) < 4.78 is 5.93. The normalized spacial score (nSPS) is 26.5. The van der Waals surface area contributed by atoms with Crippen LogP contribution in [-0.4, -0.2) is 17.3 Å². The third kappa shape index (κ3) is 2.99. The van der Waals surface area contributed by atoms with Crippen molar-refractivity contribution in [3.63, 3.8) is 0 Å². The molecule has 3 N–H and O–H groups in total. The Morgan fingerprint density at radius 2 is 2.00 bits per heavy atom. The molecule has 2 rings (SSSR count). The second-order valence-corrected chi connectivity index (χ2v) is 4.83. The Hall–Kier alpha value is -1.06. The lowest BCUT2D eigenvalue weighted by Gasteiger charge is -2.29. The average Bonchev–Trinajstić information content (AvgIpc) is 2.32. The number of aliphatic hydroxyl groups excluding tert-OH is 1. The van der Waals surface area contributed by atoms with Gasteiger partial charge in [0.05, 0.1) is 6.10 Å². The summed E-state index contributed by atoms with van der Waals surface area (Å²) in [6.07, 6.45) is 3.56. The van der Waals surface area contributed by atoms with Gasteiger partial charge in [0.1, 0.15) is 11.9 Å². The third-order valence-electron chi connectivity index (χ3n) is 3.36. The monoisotopic (exact) mass is 235 g/mol. The van der Waals surface area contributed by atoms with Gasteiger partial charge in [0.25, 0.3) is 0 Å². The van der Waals surface area contributed by atoms with Crippen molar-refractivity contribution in [2.75, 3.05) is 0 Å². The number of hydrogen-bond acceptors (Lipinski definition) is 3. The molecule has 0 amide bonds. The maximum absolute atomic E-state index is 9.90. The zero-order valence-electron chi connectivity index (χ0n) is 10.3. The van der Waals surface area contributed by atoms with Crippen LogP contribution in [0.3, 0.4) is 0 Å². The molecule has 0 aromatic heterocycles. The van der Waals surface area contributed by atoms with Gasteiger partial charge in [-0.1, -0.05) is 24.6 Å². The molecule has 1 fully saturated rings. The summed E-state index contributed by atoms with van der Waals surface area (Å²) in [6.45, 7) is 1.94. The first-order valence-corrected chi connectivity index (χ1v) is 6.37. The molecule has 3 heteroatoms. The van der Waals surface area contributed by atoms with Gasteiger partial charge >= 0.3 is 0 Å². The van der Waals surface area contributed by atoms with Gasteiger partial charge in [-0.05, 0) is 32.3 Å². The Morgan fingerprint density at radius 3 is 2.71 bits per heavy atom. The van der Waals surface area contributed by atoms with Crippen LogP contribution in [0.25, 0.3) is 0 Å². The van der Waals surface area contributed by atoms with Crippen LogP contribution in [0.4, 0.5) is 0 Å². The van der Waals surface area contributed by atoms with E-state index in [0.717, 1.165) is 37.0 Å². The van der Waals surface area contributed by atoms with Gasteiger partial charge in [0, 0.05) is 11.6 Å². The molecule has 1 aromatic rings. The molecule has 1 saturated carbocycles. The SMILES string of the molecule is C[C@@H](N)c1ccccc1OC1CCCCC1O. The Balaban J connectivity index is 2.12.